The molecule has 0 saturated carbocycles. The number of unbranched alkanes of at least 4 members (excludes halogenated alkanes) is 54. The number of esters is 1. The predicted octanol–water partition coefficient (Wildman–Crippen LogP) is 23.7. The smallest absolute Gasteiger partial charge is 0.305 e. The number of allylic oxidation sites excluding steroid dienone is 4. The van der Waals surface area contributed by atoms with E-state index in [4.69, 9.17) is 4.74 Å². The number of aliphatic hydroxyl groups is 2. The van der Waals surface area contributed by atoms with Crippen molar-refractivity contribution in [3.8, 4) is 0 Å². The first kappa shape index (κ1) is 78.3. The predicted molar refractivity (Wildman–Crippen MR) is 352 cm³/mol. The monoisotopic (exact) mass is 1130 g/mol. The summed E-state index contributed by atoms with van der Waals surface area (Å²) < 4.78 is 5.51. The van der Waals surface area contributed by atoms with Crippen LogP contribution in [-0.4, -0.2) is 47.4 Å². The van der Waals surface area contributed by atoms with Gasteiger partial charge in [-0.25, -0.2) is 0 Å². The number of amides is 1. The molecule has 0 saturated heterocycles. The molecule has 0 aromatic carbocycles. The number of aliphatic hydroxyl groups excluding tert-OH is 2. The number of nitrogens with one attached hydrogen (secondary N) is 1. The fraction of sp³-hybridized carbons (Fsp3) is 0.919. The van der Waals surface area contributed by atoms with Gasteiger partial charge in [0.1, 0.15) is 0 Å². The lowest BCUT2D eigenvalue weighted by Crippen LogP contribution is -2.45. The molecule has 0 aromatic heterocycles. The van der Waals surface area contributed by atoms with E-state index in [-0.39, 0.29) is 18.5 Å². The van der Waals surface area contributed by atoms with Gasteiger partial charge in [-0.1, -0.05) is 366 Å². The van der Waals surface area contributed by atoms with Crippen LogP contribution in [-0.2, 0) is 14.3 Å². The van der Waals surface area contributed by atoms with Crippen LogP contribution in [0.4, 0.5) is 0 Å². The van der Waals surface area contributed by atoms with Crippen molar-refractivity contribution in [1.29, 1.82) is 0 Å². The maximum Gasteiger partial charge on any atom is 0.305 e. The summed E-state index contributed by atoms with van der Waals surface area (Å²) in [4.78, 5) is 24.6. The molecule has 0 spiro atoms. The molecule has 3 N–H and O–H groups in total. The van der Waals surface area contributed by atoms with Crippen molar-refractivity contribution in [2.45, 2.75) is 424 Å². The summed E-state index contributed by atoms with van der Waals surface area (Å²) in [5.74, 6) is -0.0134. The molecule has 0 aliphatic rings. The Hall–Kier alpha value is -1.66. The molecule has 0 aliphatic heterocycles. The van der Waals surface area contributed by atoms with Crippen LogP contribution in [0.1, 0.15) is 412 Å². The second-order valence-electron chi connectivity index (χ2n) is 25.3. The highest BCUT2D eigenvalue weighted by Gasteiger charge is 2.20. The van der Waals surface area contributed by atoms with Crippen LogP contribution in [0.25, 0.3) is 0 Å². The molecule has 0 aliphatic carbocycles. The Labute approximate surface area is 501 Å². The maximum atomic E-state index is 12.5. The lowest BCUT2D eigenvalue weighted by molar-refractivity contribution is -0.143. The van der Waals surface area contributed by atoms with E-state index in [1.54, 1.807) is 0 Å². The molecule has 0 bridgehead atoms. The molecule has 0 fully saturated rings. The molecule has 2 unspecified atom stereocenters. The summed E-state index contributed by atoms with van der Waals surface area (Å²) in [7, 11) is 0. The van der Waals surface area contributed by atoms with Crippen molar-refractivity contribution in [3.05, 3.63) is 24.3 Å². The normalized spacial score (nSPS) is 12.6. The zero-order valence-corrected chi connectivity index (χ0v) is 54.3. The van der Waals surface area contributed by atoms with E-state index in [0.29, 0.717) is 25.9 Å². The van der Waals surface area contributed by atoms with Gasteiger partial charge in [0, 0.05) is 12.8 Å². The summed E-state index contributed by atoms with van der Waals surface area (Å²) in [6.45, 7) is 4.96. The minimum absolute atomic E-state index is 0.0150. The van der Waals surface area contributed by atoms with Crippen molar-refractivity contribution in [2.24, 2.45) is 0 Å². The second-order valence-corrected chi connectivity index (χ2v) is 25.3. The molecule has 0 aromatic rings. The standard InChI is InChI=1S/C74H143NO5/c1-3-5-7-9-11-13-15-17-18-19-38-41-44-48-52-56-60-64-68-74(79)80-69-65-61-57-53-49-45-42-39-36-34-32-30-28-26-24-22-20-21-23-25-27-29-31-33-35-37-40-43-47-51-55-59-63-67-73(78)75-71(70-76)72(77)66-62-58-54-50-46-16-14-12-10-8-6-4-2/h13,15,18-19,71-72,76-77H,3-12,14,16-17,20-70H2,1-2H3,(H,75,78)/b15-13-,19-18-. The van der Waals surface area contributed by atoms with Gasteiger partial charge in [-0.3, -0.25) is 9.59 Å². The van der Waals surface area contributed by atoms with Crippen LogP contribution in [0.5, 0.6) is 0 Å². The summed E-state index contributed by atoms with van der Waals surface area (Å²) >= 11 is 0. The molecule has 6 heteroatoms. The van der Waals surface area contributed by atoms with Crippen molar-refractivity contribution in [2.75, 3.05) is 13.2 Å². The minimum atomic E-state index is -0.659. The molecule has 0 heterocycles. The third kappa shape index (κ3) is 65.5. The molecule has 474 valence electrons. The SMILES string of the molecule is CCCCCC/C=C\C/C=C\CCCCCCCCCC(=O)OCCCCCCCCCCCCCCCCCCCCCCCCCCCCCCCCCCCC(=O)NC(CO)C(O)CCCCCCCCCCCCCC. The van der Waals surface area contributed by atoms with Gasteiger partial charge in [0.25, 0.3) is 0 Å². The highest BCUT2D eigenvalue weighted by atomic mass is 16.5. The summed E-state index contributed by atoms with van der Waals surface area (Å²) in [5, 5.41) is 23.3. The third-order valence-corrected chi connectivity index (χ3v) is 17.3. The van der Waals surface area contributed by atoms with E-state index in [9.17, 15) is 19.8 Å². The average molecular weight is 1130 g/mol. The first-order valence-corrected chi connectivity index (χ1v) is 36.6. The van der Waals surface area contributed by atoms with E-state index < -0.39 is 12.1 Å². The number of hydrogen-bond donors (Lipinski definition) is 3. The number of carbonyl (C=O) groups is 2. The molecule has 6 nitrogen and oxygen atoms in total. The largest absolute Gasteiger partial charge is 0.466 e. The van der Waals surface area contributed by atoms with Crippen molar-refractivity contribution >= 4 is 11.9 Å². The maximum absolute atomic E-state index is 12.5. The number of hydrogen-bond acceptors (Lipinski definition) is 5. The highest BCUT2D eigenvalue weighted by molar-refractivity contribution is 5.76. The second kappa shape index (κ2) is 69.8. The Morgan fingerprint density at radius 3 is 0.963 bits per heavy atom. The van der Waals surface area contributed by atoms with Gasteiger partial charge < -0.3 is 20.3 Å². The topological polar surface area (TPSA) is 95.9 Å². The van der Waals surface area contributed by atoms with Gasteiger partial charge in [0.2, 0.25) is 5.91 Å². The summed E-state index contributed by atoms with van der Waals surface area (Å²) in [6.07, 6.45) is 88.2. The van der Waals surface area contributed by atoms with Gasteiger partial charge in [0.05, 0.1) is 25.4 Å². The summed E-state index contributed by atoms with van der Waals surface area (Å²) in [5.41, 5.74) is 0. The zero-order chi connectivity index (χ0) is 57.8. The van der Waals surface area contributed by atoms with Gasteiger partial charge in [-0.2, -0.15) is 0 Å². The van der Waals surface area contributed by atoms with Crippen LogP contribution in [0.2, 0.25) is 0 Å². The van der Waals surface area contributed by atoms with Gasteiger partial charge >= 0.3 is 5.97 Å². The summed E-state index contributed by atoms with van der Waals surface area (Å²) in [6, 6.07) is -0.536. The lowest BCUT2D eigenvalue weighted by atomic mass is 10.0. The Bertz CT molecular complexity index is 1250. The van der Waals surface area contributed by atoms with Crippen LogP contribution in [0, 0.1) is 0 Å². The van der Waals surface area contributed by atoms with Crippen LogP contribution in [0.3, 0.4) is 0 Å². The molecule has 80 heavy (non-hydrogen) atoms. The van der Waals surface area contributed by atoms with Gasteiger partial charge in [-0.15, -0.1) is 0 Å². The Kier molecular flexibility index (Phi) is 68.4. The van der Waals surface area contributed by atoms with Crippen molar-refractivity contribution in [3.63, 3.8) is 0 Å². The fourth-order valence-corrected chi connectivity index (χ4v) is 11.7. The van der Waals surface area contributed by atoms with Crippen molar-refractivity contribution < 1.29 is 24.5 Å². The van der Waals surface area contributed by atoms with E-state index >= 15 is 0 Å². The molecule has 1 amide bonds. The third-order valence-electron chi connectivity index (χ3n) is 17.3. The zero-order valence-electron chi connectivity index (χ0n) is 54.3. The molecule has 0 radical (unpaired) electrons. The van der Waals surface area contributed by atoms with Crippen LogP contribution >= 0.6 is 0 Å². The number of ether oxygens (including phenoxy) is 1. The van der Waals surface area contributed by atoms with E-state index in [1.165, 1.54) is 327 Å². The Balaban J connectivity index is 3.29. The Morgan fingerprint density at radius 2 is 0.625 bits per heavy atom. The molecule has 2 atom stereocenters. The fourth-order valence-electron chi connectivity index (χ4n) is 11.7. The van der Waals surface area contributed by atoms with Crippen LogP contribution in [0.15, 0.2) is 24.3 Å². The first-order chi connectivity index (χ1) is 39.5. The minimum Gasteiger partial charge on any atom is -0.466 e. The number of rotatable bonds is 69. The van der Waals surface area contributed by atoms with Gasteiger partial charge in [0.15, 0.2) is 0 Å². The quantitative estimate of drug-likeness (QED) is 0.0320. The van der Waals surface area contributed by atoms with E-state index in [2.05, 4.69) is 43.5 Å². The number of carbonyl (C=O) groups excluding carboxylic acids is 2. The van der Waals surface area contributed by atoms with Crippen LogP contribution < -0.4 is 5.32 Å². The van der Waals surface area contributed by atoms with E-state index in [1.807, 2.05) is 0 Å². The first-order valence-electron chi connectivity index (χ1n) is 36.6. The van der Waals surface area contributed by atoms with Gasteiger partial charge in [-0.05, 0) is 57.8 Å². The lowest BCUT2D eigenvalue weighted by Gasteiger charge is -2.22. The Morgan fingerprint density at radius 1 is 0.350 bits per heavy atom. The van der Waals surface area contributed by atoms with Crippen molar-refractivity contribution in [1.82, 2.24) is 5.32 Å². The molecular formula is C74H143NO5. The molecule has 0 rings (SSSR count). The molecular weight excluding hydrogens is 983 g/mol. The van der Waals surface area contributed by atoms with E-state index in [0.717, 1.165) is 51.4 Å². The highest BCUT2D eigenvalue weighted by Crippen LogP contribution is 2.19. The average Bonchev–Trinajstić information content (AvgIpc) is 3.46.